The molecule has 0 spiro atoms. The van der Waals surface area contributed by atoms with E-state index >= 15 is 0 Å². The van der Waals surface area contributed by atoms with Crippen LogP contribution in [-0.2, 0) is 22.6 Å². The Hall–Kier alpha value is -4.45. The molecule has 1 aliphatic rings. The van der Waals surface area contributed by atoms with Crippen molar-refractivity contribution in [3.8, 4) is 0 Å². The molecule has 2 atom stereocenters. The Morgan fingerprint density at radius 3 is 2.33 bits per heavy atom. The standard InChI is InChI=1S/C34H35N3O3/c1-4-24(3)35-33(39)30(20-25-12-6-5-7-13-25)36(21-26-14-8-11-23(2)19-26)31(38)22-37-29-18-10-16-27-15-9-17-28(32(27)29)34(37)40/h5-19,24,30H,4,20-22H2,1-3H3,(H,35,39)/t24-,30+/m1/s1. The number of aryl methyl sites for hydroxylation is 1. The summed E-state index contributed by atoms with van der Waals surface area (Å²) in [4.78, 5) is 44.7. The van der Waals surface area contributed by atoms with Gasteiger partial charge in [0.25, 0.3) is 5.91 Å². The summed E-state index contributed by atoms with van der Waals surface area (Å²) in [6, 6.07) is 28.3. The highest BCUT2D eigenvalue weighted by molar-refractivity contribution is 6.26. The van der Waals surface area contributed by atoms with Crippen molar-refractivity contribution in [3.63, 3.8) is 0 Å². The number of amides is 3. The van der Waals surface area contributed by atoms with Crippen LogP contribution >= 0.6 is 0 Å². The highest BCUT2D eigenvalue weighted by atomic mass is 16.2. The number of rotatable bonds is 10. The molecule has 0 bridgehead atoms. The molecular formula is C34H35N3O3. The maximum absolute atomic E-state index is 14.2. The van der Waals surface area contributed by atoms with Gasteiger partial charge in [0.15, 0.2) is 0 Å². The van der Waals surface area contributed by atoms with Crippen molar-refractivity contribution in [1.82, 2.24) is 10.2 Å². The van der Waals surface area contributed by atoms with Crippen LogP contribution in [0.3, 0.4) is 0 Å². The van der Waals surface area contributed by atoms with E-state index in [2.05, 4.69) is 5.32 Å². The number of anilines is 1. The van der Waals surface area contributed by atoms with E-state index in [0.29, 0.717) is 12.0 Å². The fourth-order valence-electron chi connectivity index (χ4n) is 5.36. The van der Waals surface area contributed by atoms with Crippen molar-refractivity contribution < 1.29 is 14.4 Å². The lowest BCUT2D eigenvalue weighted by Gasteiger charge is -2.33. The minimum Gasteiger partial charge on any atom is -0.352 e. The molecule has 0 saturated carbocycles. The lowest BCUT2D eigenvalue weighted by molar-refractivity contribution is -0.140. The van der Waals surface area contributed by atoms with E-state index in [1.54, 1.807) is 15.9 Å². The van der Waals surface area contributed by atoms with Crippen molar-refractivity contribution in [3.05, 3.63) is 113 Å². The van der Waals surface area contributed by atoms with E-state index in [1.165, 1.54) is 0 Å². The predicted octanol–water partition coefficient (Wildman–Crippen LogP) is 5.66. The van der Waals surface area contributed by atoms with Crippen LogP contribution in [0.15, 0.2) is 91.0 Å². The average molecular weight is 534 g/mol. The molecule has 6 heteroatoms. The van der Waals surface area contributed by atoms with Gasteiger partial charge in [-0.15, -0.1) is 0 Å². The Labute approximate surface area is 235 Å². The molecule has 204 valence electrons. The van der Waals surface area contributed by atoms with Gasteiger partial charge in [-0.25, -0.2) is 0 Å². The van der Waals surface area contributed by atoms with Gasteiger partial charge in [-0.05, 0) is 48.9 Å². The largest absolute Gasteiger partial charge is 0.352 e. The highest BCUT2D eigenvalue weighted by Gasteiger charge is 2.36. The fraction of sp³-hybridized carbons (Fsp3) is 0.265. The topological polar surface area (TPSA) is 69.7 Å². The second kappa shape index (κ2) is 11.7. The van der Waals surface area contributed by atoms with Crippen LogP contribution in [0.2, 0.25) is 0 Å². The van der Waals surface area contributed by atoms with Gasteiger partial charge in [0, 0.05) is 30.0 Å². The van der Waals surface area contributed by atoms with Gasteiger partial charge in [0.1, 0.15) is 12.6 Å². The summed E-state index contributed by atoms with van der Waals surface area (Å²) in [6.07, 6.45) is 1.14. The zero-order chi connectivity index (χ0) is 28.2. The third-order valence-corrected chi connectivity index (χ3v) is 7.65. The Morgan fingerprint density at radius 1 is 0.900 bits per heavy atom. The number of carbonyl (C=O) groups is 3. The minimum absolute atomic E-state index is 0.0334. The molecule has 0 radical (unpaired) electrons. The number of nitrogens with one attached hydrogen (secondary N) is 1. The molecule has 0 fully saturated rings. The monoisotopic (exact) mass is 533 g/mol. The van der Waals surface area contributed by atoms with Gasteiger partial charge in [-0.3, -0.25) is 19.3 Å². The molecule has 4 aromatic carbocycles. The molecular weight excluding hydrogens is 498 g/mol. The summed E-state index contributed by atoms with van der Waals surface area (Å²) in [6.45, 7) is 6.09. The lowest BCUT2D eigenvalue weighted by Crippen LogP contribution is -2.54. The molecule has 0 unspecified atom stereocenters. The normalized spacial score (nSPS) is 13.8. The van der Waals surface area contributed by atoms with Gasteiger partial charge in [-0.1, -0.05) is 91.3 Å². The second-order valence-electron chi connectivity index (χ2n) is 10.6. The van der Waals surface area contributed by atoms with Crippen LogP contribution in [0.25, 0.3) is 10.8 Å². The van der Waals surface area contributed by atoms with Crippen LogP contribution < -0.4 is 10.2 Å². The first-order chi connectivity index (χ1) is 19.4. The minimum atomic E-state index is -0.750. The Kier molecular flexibility index (Phi) is 7.96. The van der Waals surface area contributed by atoms with E-state index in [1.807, 2.05) is 106 Å². The molecule has 0 aromatic heterocycles. The molecule has 0 saturated heterocycles. The van der Waals surface area contributed by atoms with Crippen LogP contribution in [0.4, 0.5) is 5.69 Å². The zero-order valence-electron chi connectivity index (χ0n) is 23.3. The van der Waals surface area contributed by atoms with Gasteiger partial charge >= 0.3 is 0 Å². The summed E-state index contributed by atoms with van der Waals surface area (Å²) in [5, 5.41) is 4.93. The fourth-order valence-corrected chi connectivity index (χ4v) is 5.36. The van der Waals surface area contributed by atoms with Crippen LogP contribution in [0.5, 0.6) is 0 Å². The van der Waals surface area contributed by atoms with Crippen molar-refractivity contribution in [2.24, 2.45) is 0 Å². The number of nitrogens with zero attached hydrogens (tertiary/aromatic N) is 2. The Morgan fingerprint density at radius 2 is 1.60 bits per heavy atom. The molecule has 5 rings (SSSR count). The van der Waals surface area contributed by atoms with Gasteiger partial charge in [-0.2, -0.15) is 0 Å². The Bertz CT molecular complexity index is 1540. The van der Waals surface area contributed by atoms with E-state index in [4.69, 9.17) is 0 Å². The van der Waals surface area contributed by atoms with Crippen molar-refractivity contribution in [2.45, 2.75) is 52.2 Å². The summed E-state index contributed by atoms with van der Waals surface area (Å²) in [5.74, 6) is -0.670. The van der Waals surface area contributed by atoms with Crippen molar-refractivity contribution in [2.75, 3.05) is 11.4 Å². The molecule has 3 amide bonds. The number of hydrogen-bond donors (Lipinski definition) is 1. The lowest BCUT2D eigenvalue weighted by atomic mass is 10.0. The molecule has 1 aliphatic heterocycles. The van der Waals surface area contributed by atoms with Crippen LogP contribution in [-0.4, -0.2) is 41.2 Å². The molecule has 40 heavy (non-hydrogen) atoms. The maximum atomic E-state index is 14.2. The van der Waals surface area contributed by atoms with E-state index in [0.717, 1.165) is 39.6 Å². The Balaban J connectivity index is 1.51. The van der Waals surface area contributed by atoms with Crippen molar-refractivity contribution in [1.29, 1.82) is 0 Å². The number of hydrogen-bond acceptors (Lipinski definition) is 3. The number of carbonyl (C=O) groups excluding carboxylic acids is 3. The second-order valence-corrected chi connectivity index (χ2v) is 10.6. The quantitative estimate of drug-likeness (QED) is 0.286. The molecule has 4 aromatic rings. The third-order valence-electron chi connectivity index (χ3n) is 7.65. The first-order valence-corrected chi connectivity index (χ1v) is 13.9. The summed E-state index contributed by atoms with van der Waals surface area (Å²) in [7, 11) is 0. The number of benzene rings is 4. The molecule has 0 aliphatic carbocycles. The third kappa shape index (κ3) is 5.62. The van der Waals surface area contributed by atoms with Crippen LogP contribution in [0.1, 0.15) is 47.3 Å². The smallest absolute Gasteiger partial charge is 0.259 e. The van der Waals surface area contributed by atoms with Crippen molar-refractivity contribution >= 4 is 34.2 Å². The first kappa shape index (κ1) is 27.1. The van der Waals surface area contributed by atoms with E-state index in [-0.39, 0.29) is 36.9 Å². The summed E-state index contributed by atoms with van der Waals surface area (Å²) >= 11 is 0. The maximum Gasteiger partial charge on any atom is 0.259 e. The zero-order valence-corrected chi connectivity index (χ0v) is 23.3. The van der Waals surface area contributed by atoms with Gasteiger partial charge in [0.05, 0.1) is 5.69 Å². The van der Waals surface area contributed by atoms with Gasteiger partial charge in [0.2, 0.25) is 11.8 Å². The SMILES string of the molecule is CC[C@@H](C)NC(=O)[C@H](Cc1ccccc1)N(Cc1cccc(C)c1)C(=O)CN1C(=O)c2cccc3cccc1c23. The average Bonchev–Trinajstić information content (AvgIpc) is 3.23. The molecule has 6 nitrogen and oxygen atoms in total. The first-order valence-electron chi connectivity index (χ1n) is 13.9. The van der Waals surface area contributed by atoms with E-state index in [9.17, 15) is 14.4 Å². The highest BCUT2D eigenvalue weighted by Crippen LogP contribution is 2.37. The summed E-state index contributed by atoms with van der Waals surface area (Å²) in [5.41, 5.74) is 4.29. The van der Waals surface area contributed by atoms with Gasteiger partial charge < -0.3 is 10.2 Å². The van der Waals surface area contributed by atoms with E-state index < -0.39 is 6.04 Å². The molecule has 1 N–H and O–H groups in total. The molecule has 1 heterocycles. The predicted molar refractivity (Wildman–Crippen MR) is 159 cm³/mol. The summed E-state index contributed by atoms with van der Waals surface area (Å²) < 4.78 is 0. The van der Waals surface area contributed by atoms with Crippen LogP contribution in [0, 0.1) is 6.92 Å².